The molecular weight excluding hydrogens is 197 g/mol. The van der Waals surface area contributed by atoms with E-state index in [9.17, 15) is 9.50 Å². The average molecular weight is 207 g/mol. The second-order valence-electron chi connectivity index (χ2n) is 3.36. The van der Waals surface area contributed by atoms with Crippen LogP contribution in [0.1, 0.15) is 11.5 Å². The lowest BCUT2D eigenvalue weighted by Crippen LogP contribution is -1.86. The Morgan fingerprint density at radius 3 is 2.67 bits per heavy atom. The minimum absolute atomic E-state index is 0.0198. The first-order valence-electron chi connectivity index (χ1n) is 4.51. The third kappa shape index (κ3) is 1.58. The number of nitrogens with zero attached hydrogens (tertiary/aromatic N) is 1. The van der Waals surface area contributed by atoms with Gasteiger partial charge in [0.2, 0.25) is 0 Å². The van der Waals surface area contributed by atoms with Crippen molar-refractivity contribution in [3.8, 4) is 16.9 Å². The van der Waals surface area contributed by atoms with Gasteiger partial charge < -0.3 is 9.63 Å². The summed E-state index contributed by atoms with van der Waals surface area (Å²) in [7, 11) is 0. The van der Waals surface area contributed by atoms with Gasteiger partial charge in [-0.25, -0.2) is 4.39 Å². The van der Waals surface area contributed by atoms with Crippen LogP contribution in [0.2, 0.25) is 0 Å². The minimum atomic E-state index is -0.401. The van der Waals surface area contributed by atoms with Gasteiger partial charge in [-0.1, -0.05) is 5.16 Å². The Balaban J connectivity index is 2.68. The van der Waals surface area contributed by atoms with Crippen LogP contribution in [-0.2, 0) is 0 Å². The molecule has 2 aromatic rings. The fourth-order valence-corrected chi connectivity index (χ4v) is 1.57. The summed E-state index contributed by atoms with van der Waals surface area (Å²) in [5.41, 5.74) is 1.52. The zero-order valence-corrected chi connectivity index (χ0v) is 8.41. The lowest BCUT2D eigenvalue weighted by atomic mass is 10.0. The molecule has 2 rings (SSSR count). The highest BCUT2D eigenvalue weighted by molar-refractivity contribution is 5.69. The minimum Gasteiger partial charge on any atom is -0.508 e. The molecule has 0 saturated heterocycles. The Morgan fingerprint density at radius 2 is 2.07 bits per heavy atom. The molecule has 0 aliphatic carbocycles. The van der Waals surface area contributed by atoms with Crippen LogP contribution >= 0.6 is 0 Å². The van der Waals surface area contributed by atoms with Crippen molar-refractivity contribution in [2.45, 2.75) is 13.8 Å². The molecular formula is C11H10FNO2. The van der Waals surface area contributed by atoms with Crippen LogP contribution in [0.25, 0.3) is 11.1 Å². The summed E-state index contributed by atoms with van der Waals surface area (Å²) in [4.78, 5) is 0. The van der Waals surface area contributed by atoms with Crippen LogP contribution in [0, 0.1) is 19.7 Å². The number of halogens is 1. The molecule has 1 aromatic heterocycles. The van der Waals surface area contributed by atoms with Gasteiger partial charge in [-0.15, -0.1) is 0 Å². The molecule has 15 heavy (non-hydrogen) atoms. The number of benzene rings is 1. The molecule has 1 aromatic carbocycles. The van der Waals surface area contributed by atoms with Crippen LogP contribution in [-0.4, -0.2) is 10.3 Å². The largest absolute Gasteiger partial charge is 0.508 e. The Kier molecular flexibility index (Phi) is 2.19. The van der Waals surface area contributed by atoms with Crippen molar-refractivity contribution in [2.75, 3.05) is 0 Å². The number of aromatic hydroxyl groups is 1. The molecule has 0 saturated carbocycles. The van der Waals surface area contributed by atoms with Gasteiger partial charge in [-0.2, -0.15) is 0 Å². The molecule has 1 heterocycles. The van der Waals surface area contributed by atoms with E-state index in [1.54, 1.807) is 13.8 Å². The third-order valence-electron chi connectivity index (χ3n) is 2.25. The molecule has 4 heteroatoms. The summed E-state index contributed by atoms with van der Waals surface area (Å²) >= 11 is 0. The van der Waals surface area contributed by atoms with Crippen LogP contribution in [0.4, 0.5) is 4.39 Å². The summed E-state index contributed by atoms with van der Waals surface area (Å²) < 4.78 is 18.5. The van der Waals surface area contributed by atoms with E-state index < -0.39 is 5.82 Å². The lowest BCUT2D eigenvalue weighted by Gasteiger charge is -2.02. The Labute approximate surface area is 86.1 Å². The van der Waals surface area contributed by atoms with Gasteiger partial charge in [0.15, 0.2) is 0 Å². The normalized spacial score (nSPS) is 10.6. The number of phenols is 1. The predicted octanol–water partition coefficient (Wildman–Crippen LogP) is 2.80. The van der Waals surface area contributed by atoms with Crippen molar-refractivity contribution in [2.24, 2.45) is 0 Å². The maximum absolute atomic E-state index is 13.5. The molecule has 0 spiro atoms. The molecule has 0 amide bonds. The van der Waals surface area contributed by atoms with E-state index in [1.165, 1.54) is 18.2 Å². The summed E-state index contributed by atoms with van der Waals surface area (Å²) in [6, 6.07) is 3.88. The first kappa shape index (κ1) is 9.71. The second-order valence-corrected chi connectivity index (χ2v) is 3.36. The van der Waals surface area contributed by atoms with E-state index in [1.807, 2.05) is 0 Å². The van der Waals surface area contributed by atoms with Crippen LogP contribution < -0.4 is 0 Å². The molecule has 0 fully saturated rings. The van der Waals surface area contributed by atoms with Gasteiger partial charge in [-0.05, 0) is 32.0 Å². The number of aromatic nitrogens is 1. The van der Waals surface area contributed by atoms with E-state index in [2.05, 4.69) is 5.16 Å². The number of hydrogen-bond acceptors (Lipinski definition) is 3. The summed E-state index contributed by atoms with van der Waals surface area (Å²) in [6.07, 6.45) is 0. The highest BCUT2D eigenvalue weighted by Gasteiger charge is 2.15. The van der Waals surface area contributed by atoms with Crippen LogP contribution in [0.3, 0.4) is 0 Å². The van der Waals surface area contributed by atoms with Gasteiger partial charge in [0.25, 0.3) is 0 Å². The van der Waals surface area contributed by atoms with Gasteiger partial charge >= 0.3 is 0 Å². The fraction of sp³-hybridized carbons (Fsp3) is 0.182. The van der Waals surface area contributed by atoms with E-state index in [-0.39, 0.29) is 5.75 Å². The number of hydrogen-bond donors (Lipinski definition) is 1. The zero-order valence-electron chi connectivity index (χ0n) is 8.41. The Morgan fingerprint density at radius 1 is 1.33 bits per heavy atom. The third-order valence-corrected chi connectivity index (χ3v) is 2.25. The molecule has 0 aliphatic heterocycles. The zero-order chi connectivity index (χ0) is 11.0. The van der Waals surface area contributed by atoms with Crippen LogP contribution in [0.15, 0.2) is 22.7 Å². The van der Waals surface area contributed by atoms with Gasteiger partial charge in [-0.3, -0.25) is 0 Å². The van der Waals surface area contributed by atoms with Crippen molar-refractivity contribution in [1.29, 1.82) is 0 Å². The number of rotatable bonds is 1. The van der Waals surface area contributed by atoms with Crippen molar-refractivity contribution in [3.05, 3.63) is 35.5 Å². The number of aryl methyl sites for hydroxylation is 2. The number of phenolic OH excluding ortho intramolecular Hbond substituents is 1. The highest BCUT2D eigenvalue weighted by atomic mass is 19.1. The molecule has 78 valence electrons. The van der Waals surface area contributed by atoms with E-state index in [4.69, 9.17) is 4.52 Å². The monoisotopic (exact) mass is 207 g/mol. The smallest absolute Gasteiger partial charge is 0.141 e. The molecule has 3 nitrogen and oxygen atoms in total. The molecule has 0 bridgehead atoms. The van der Waals surface area contributed by atoms with Crippen molar-refractivity contribution in [1.82, 2.24) is 5.16 Å². The SMILES string of the molecule is Cc1noc(C)c1-c1cc(O)ccc1F. The van der Waals surface area contributed by atoms with E-state index in [0.717, 1.165) is 0 Å². The average Bonchev–Trinajstić information content (AvgIpc) is 2.51. The van der Waals surface area contributed by atoms with Gasteiger partial charge in [0.05, 0.1) is 11.3 Å². The van der Waals surface area contributed by atoms with Gasteiger partial charge in [0.1, 0.15) is 17.3 Å². The molecule has 0 unspecified atom stereocenters. The van der Waals surface area contributed by atoms with Crippen molar-refractivity contribution in [3.63, 3.8) is 0 Å². The predicted molar refractivity (Wildman–Crippen MR) is 53.0 cm³/mol. The summed E-state index contributed by atoms with van der Waals surface area (Å²) in [6.45, 7) is 3.44. The Hall–Kier alpha value is -1.84. The molecule has 1 N–H and O–H groups in total. The van der Waals surface area contributed by atoms with E-state index >= 15 is 0 Å². The first-order chi connectivity index (χ1) is 7.09. The molecule has 0 atom stereocenters. The Bertz CT molecular complexity index is 486. The fourth-order valence-electron chi connectivity index (χ4n) is 1.57. The van der Waals surface area contributed by atoms with Crippen molar-refractivity contribution >= 4 is 0 Å². The maximum Gasteiger partial charge on any atom is 0.141 e. The lowest BCUT2D eigenvalue weighted by molar-refractivity contribution is 0.393. The first-order valence-corrected chi connectivity index (χ1v) is 4.51. The molecule has 0 radical (unpaired) electrons. The highest BCUT2D eigenvalue weighted by Crippen LogP contribution is 2.31. The topological polar surface area (TPSA) is 46.3 Å². The van der Waals surface area contributed by atoms with Gasteiger partial charge in [0, 0.05) is 5.56 Å². The van der Waals surface area contributed by atoms with Crippen molar-refractivity contribution < 1.29 is 14.0 Å². The summed E-state index contributed by atoms with van der Waals surface area (Å²) in [5, 5.41) is 13.0. The maximum atomic E-state index is 13.5. The second kappa shape index (κ2) is 3.38. The molecule has 0 aliphatic rings. The van der Waals surface area contributed by atoms with E-state index in [0.29, 0.717) is 22.6 Å². The van der Waals surface area contributed by atoms with Crippen LogP contribution in [0.5, 0.6) is 5.75 Å². The summed E-state index contributed by atoms with van der Waals surface area (Å²) in [5.74, 6) is 0.158. The standard InChI is InChI=1S/C11H10FNO2/c1-6-11(7(2)15-13-6)9-5-8(14)3-4-10(9)12/h3-5,14H,1-2H3. The quantitative estimate of drug-likeness (QED) is 0.782.